The molecule has 1 saturated heterocycles. The van der Waals surface area contributed by atoms with Gasteiger partial charge in [0.15, 0.2) is 9.84 Å². The lowest BCUT2D eigenvalue weighted by Gasteiger charge is -2.23. The zero-order valence-corrected chi connectivity index (χ0v) is 15.9. The molecule has 0 radical (unpaired) electrons. The van der Waals surface area contributed by atoms with Gasteiger partial charge in [-0.15, -0.1) is 0 Å². The first-order valence-corrected chi connectivity index (χ1v) is 10.4. The molecule has 5 nitrogen and oxygen atoms in total. The molecule has 1 heterocycles. The molecule has 0 spiro atoms. The van der Waals surface area contributed by atoms with Gasteiger partial charge in [0, 0.05) is 19.0 Å². The molecule has 1 aromatic rings. The van der Waals surface area contributed by atoms with E-state index in [2.05, 4.69) is 17.1 Å². The van der Waals surface area contributed by atoms with E-state index in [-0.39, 0.29) is 34.0 Å². The highest BCUT2D eigenvalue weighted by molar-refractivity contribution is 7.91. The van der Waals surface area contributed by atoms with Gasteiger partial charge in [-0.3, -0.25) is 9.69 Å². The van der Waals surface area contributed by atoms with Crippen LogP contribution >= 0.6 is 23.2 Å². The van der Waals surface area contributed by atoms with Gasteiger partial charge in [-0.25, -0.2) is 8.42 Å². The Bertz CT molecular complexity index is 689. The smallest absolute Gasteiger partial charge is 0.221 e. The molecule has 1 unspecified atom stereocenters. The number of sulfone groups is 1. The van der Waals surface area contributed by atoms with Gasteiger partial charge in [-0.1, -0.05) is 23.2 Å². The molecule has 1 atom stereocenters. The Balaban J connectivity index is 1.82. The van der Waals surface area contributed by atoms with Crippen molar-refractivity contribution < 1.29 is 13.2 Å². The summed E-state index contributed by atoms with van der Waals surface area (Å²) in [7, 11) is -3.56. The number of nitrogens with one attached hydrogen (secondary N) is 1. The van der Waals surface area contributed by atoms with Gasteiger partial charge in [0.2, 0.25) is 5.91 Å². The Kier molecular flexibility index (Phi) is 6.92. The molecule has 1 N–H and O–H groups in total. The van der Waals surface area contributed by atoms with Gasteiger partial charge in [-0.05, 0) is 51.1 Å². The summed E-state index contributed by atoms with van der Waals surface area (Å²) in [6, 6.07) is 4.42. The number of carbonyl (C=O) groups excluding carboxylic acids is 1. The second kappa shape index (κ2) is 8.52. The van der Waals surface area contributed by atoms with Crippen LogP contribution in [0.15, 0.2) is 23.1 Å². The minimum atomic E-state index is -3.56. The number of carbonyl (C=O) groups is 1. The van der Waals surface area contributed by atoms with E-state index in [0.29, 0.717) is 11.6 Å². The standard InChI is InChI=1S/C16H22Cl2N2O3S/c1-12(20-7-2-3-8-20)11-19-16(21)6-9-24(22,23)13-4-5-14(17)15(18)10-13/h4-5,10,12H,2-3,6-9,11H2,1H3,(H,19,21). The summed E-state index contributed by atoms with van der Waals surface area (Å²) in [6.07, 6.45) is 2.32. The van der Waals surface area contributed by atoms with Crippen molar-refractivity contribution in [3.63, 3.8) is 0 Å². The number of halogens is 2. The van der Waals surface area contributed by atoms with E-state index in [4.69, 9.17) is 23.2 Å². The van der Waals surface area contributed by atoms with E-state index in [1.54, 1.807) is 0 Å². The van der Waals surface area contributed by atoms with Crippen LogP contribution in [0.25, 0.3) is 0 Å². The molecule has 0 saturated carbocycles. The van der Waals surface area contributed by atoms with Crippen molar-refractivity contribution in [2.24, 2.45) is 0 Å². The minimum absolute atomic E-state index is 0.0741. The largest absolute Gasteiger partial charge is 0.355 e. The molecular weight excluding hydrogens is 371 g/mol. The minimum Gasteiger partial charge on any atom is -0.355 e. The quantitative estimate of drug-likeness (QED) is 0.774. The van der Waals surface area contributed by atoms with Crippen molar-refractivity contribution in [2.45, 2.75) is 37.1 Å². The van der Waals surface area contributed by atoms with E-state index in [0.717, 1.165) is 13.1 Å². The summed E-state index contributed by atoms with van der Waals surface area (Å²) < 4.78 is 24.5. The van der Waals surface area contributed by atoms with Gasteiger partial charge in [0.1, 0.15) is 0 Å². The summed E-state index contributed by atoms with van der Waals surface area (Å²) in [5.41, 5.74) is 0. The molecule has 0 aliphatic carbocycles. The fourth-order valence-electron chi connectivity index (χ4n) is 2.68. The highest BCUT2D eigenvalue weighted by Crippen LogP contribution is 2.25. The summed E-state index contributed by atoms with van der Waals surface area (Å²) in [5, 5.41) is 3.29. The Morgan fingerprint density at radius 3 is 2.54 bits per heavy atom. The SMILES string of the molecule is CC(CNC(=O)CCS(=O)(=O)c1ccc(Cl)c(Cl)c1)N1CCCC1. The third-order valence-corrected chi connectivity index (χ3v) is 6.66. The normalized spacial score (nSPS) is 17.0. The lowest BCUT2D eigenvalue weighted by atomic mass is 10.3. The molecule has 8 heteroatoms. The Hall–Kier alpha value is -0.820. The highest BCUT2D eigenvalue weighted by atomic mass is 35.5. The number of nitrogens with zero attached hydrogens (tertiary/aromatic N) is 1. The van der Waals surface area contributed by atoms with Gasteiger partial charge in [-0.2, -0.15) is 0 Å². The first kappa shape index (κ1) is 19.5. The van der Waals surface area contributed by atoms with Crippen LogP contribution in [0.1, 0.15) is 26.2 Å². The number of likely N-dealkylation sites (tertiary alicyclic amines) is 1. The van der Waals surface area contributed by atoms with Gasteiger partial charge >= 0.3 is 0 Å². The number of amides is 1. The van der Waals surface area contributed by atoms with E-state index in [1.807, 2.05) is 0 Å². The van der Waals surface area contributed by atoms with E-state index in [1.165, 1.54) is 31.0 Å². The lowest BCUT2D eigenvalue weighted by Crippen LogP contribution is -2.41. The van der Waals surface area contributed by atoms with Crippen LogP contribution in [0, 0.1) is 0 Å². The van der Waals surface area contributed by atoms with Crippen molar-refractivity contribution >= 4 is 38.9 Å². The second-order valence-corrected chi connectivity index (χ2v) is 8.96. The first-order valence-electron chi connectivity index (χ1n) is 7.98. The Labute approximate surface area is 153 Å². The van der Waals surface area contributed by atoms with Crippen molar-refractivity contribution in [1.82, 2.24) is 10.2 Å². The van der Waals surface area contributed by atoms with Crippen molar-refractivity contribution in [1.29, 1.82) is 0 Å². The average molecular weight is 393 g/mol. The topological polar surface area (TPSA) is 66.5 Å². The van der Waals surface area contributed by atoms with E-state index < -0.39 is 9.84 Å². The molecule has 1 aliphatic rings. The van der Waals surface area contributed by atoms with Gasteiger partial charge < -0.3 is 5.32 Å². The third kappa shape index (κ3) is 5.34. The van der Waals surface area contributed by atoms with Crippen LogP contribution < -0.4 is 5.32 Å². The Morgan fingerprint density at radius 2 is 1.92 bits per heavy atom. The summed E-state index contributed by atoms with van der Waals surface area (Å²) in [4.78, 5) is 14.3. The average Bonchev–Trinajstić information content (AvgIpc) is 3.07. The number of benzene rings is 1. The monoisotopic (exact) mass is 392 g/mol. The Morgan fingerprint density at radius 1 is 1.25 bits per heavy atom. The van der Waals surface area contributed by atoms with Crippen molar-refractivity contribution in [3.05, 3.63) is 28.2 Å². The zero-order valence-electron chi connectivity index (χ0n) is 13.6. The molecule has 24 heavy (non-hydrogen) atoms. The fraction of sp³-hybridized carbons (Fsp3) is 0.562. The lowest BCUT2D eigenvalue weighted by molar-refractivity contribution is -0.120. The summed E-state index contributed by atoms with van der Waals surface area (Å²) in [6.45, 7) is 4.72. The predicted octanol–water partition coefficient (Wildman–Crippen LogP) is 2.76. The number of hydrogen-bond donors (Lipinski definition) is 1. The molecule has 1 aromatic carbocycles. The molecule has 1 aliphatic heterocycles. The summed E-state index contributed by atoms with van der Waals surface area (Å²) >= 11 is 11.6. The van der Waals surface area contributed by atoms with E-state index in [9.17, 15) is 13.2 Å². The van der Waals surface area contributed by atoms with Crippen LogP contribution in [0.4, 0.5) is 0 Å². The van der Waals surface area contributed by atoms with Crippen molar-refractivity contribution in [3.8, 4) is 0 Å². The van der Waals surface area contributed by atoms with Gasteiger partial charge in [0.05, 0.1) is 20.7 Å². The van der Waals surface area contributed by atoms with Crippen molar-refractivity contribution in [2.75, 3.05) is 25.4 Å². The predicted molar refractivity (Wildman–Crippen MR) is 96.4 cm³/mol. The molecule has 2 rings (SSSR count). The molecular formula is C16H22Cl2N2O3S. The first-order chi connectivity index (χ1) is 11.3. The molecule has 1 amide bonds. The molecule has 0 aromatic heterocycles. The van der Waals surface area contributed by atoms with Crippen LogP contribution in [0.3, 0.4) is 0 Å². The highest BCUT2D eigenvalue weighted by Gasteiger charge is 2.20. The van der Waals surface area contributed by atoms with Crippen LogP contribution in [0.2, 0.25) is 10.0 Å². The third-order valence-electron chi connectivity index (χ3n) is 4.21. The van der Waals surface area contributed by atoms with Crippen LogP contribution in [0.5, 0.6) is 0 Å². The van der Waals surface area contributed by atoms with Crippen LogP contribution in [-0.2, 0) is 14.6 Å². The molecule has 134 valence electrons. The van der Waals surface area contributed by atoms with Gasteiger partial charge in [0.25, 0.3) is 0 Å². The number of hydrogen-bond acceptors (Lipinski definition) is 4. The maximum absolute atomic E-state index is 12.3. The zero-order chi connectivity index (χ0) is 17.7. The molecule has 1 fully saturated rings. The molecule has 0 bridgehead atoms. The number of rotatable bonds is 7. The fourth-order valence-corrected chi connectivity index (χ4v) is 4.30. The maximum Gasteiger partial charge on any atom is 0.221 e. The second-order valence-electron chi connectivity index (χ2n) is 6.04. The summed E-state index contributed by atoms with van der Waals surface area (Å²) in [5.74, 6) is -0.515. The van der Waals surface area contributed by atoms with E-state index >= 15 is 0 Å². The maximum atomic E-state index is 12.3. The van der Waals surface area contributed by atoms with Crippen LogP contribution in [-0.4, -0.2) is 50.7 Å².